The summed E-state index contributed by atoms with van der Waals surface area (Å²) < 4.78 is 0. The van der Waals surface area contributed by atoms with E-state index in [1.54, 1.807) is 18.3 Å². The van der Waals surface area contributed by atoms with Crippen LogP contribution in [-0.2, 0) is 6.54 Å². The van der Waals surface area contributed by atoms with Gasteiger partial charge in [-0.2, -0.15) is 5.10 Å². The van der Waals surface area contributed by atoms with Gasteiger partial charge in [0.15, 0.2) is 5.82 Å². The molecule has 2 aromatic heterocycles. The predicted molar refractivity (Wildman–Crippen MR) is 54.5 cm³/mol. The highest BCUT2D eigenvalue weighted by Crippen LogP contribution is 2.09. The minimum absolute atomic E-state index is 0.0924. The normalized spacial score (nSPS) is 10.0. The van der Waals surface area contributed by atoms with Crippen molar-refractivity contribution >= 4 is 6.09 Å². The fraction of sp³-hybridized carbons (Fsp3) is 0.111. The maximum absolute atomic E-state index is 10.3. The summed E-state index contributed by atoms with van der Waals surface area (Å²) in [5.74, 6) is 0.894. The first-order valence-corrected chi connectivity index (χ1v) is 4.55. The Hall–Kier alpha value is -2.44. The molecule has 7 heteroatoms. The molecular weight excluding hydrogens is 210 g/mol. The van der Waals surface area contributed by atoms with Crippen molar-refractivity contribution in [1.82, 2.24) is 25.5 Å². The van der Waals surface area contributed by atoms with Gasteiger partial charge in [-0.1, -0.05) is 6.07 Å². The van der Waals surface area contributed by atoms with E-state index in [1.807, 2.05) is 6.07 Å². The lowest BCUT2D eigenvalue weighted by molar-refractivity contribution is 0.193. The van der Waals surface area contributed by atoms with Crippen molar-refractivity contribution in [3.05, 3.63) is 30.2 Å². The highest BCUT2D eigenvalue weighted by atomic mass is 16.4. The van der Waals surface area contributed by atoms with Gasteiger partial charge >= 0.3 is 6.09 Å². The van der Waals surface area contributed by atoms with Crippen LogP contribution in [0.5, 0.6) is 0 Å². The first-order chi connectivity index (χ1) is 7.75. The third-order valence-electron chi connectivity index (χ3n) is 1.83. The maximum Gasteiger partial charge on any atom is 0.405 e. The van der Waals surface area contributed by atoms with Gasteiger partial charge in [0.25, 0.3) is 0 Å². The van der Waals surface area contributed by atoms with Crippen LogP contribution in [0.2, 0.25) is 0 Å². The second kappa shape index (κ2) is 4.39. The second-order valence-electron chi connectivity index (χ2n) is 2.98. The van der Waals surface area contributed by atoms with E-state index >= 15 is 0 Å². The summed E-state index contributed by atoms with van der Waals surface area (Å²) in [4.78, 5) is 18.4. The molecule has 0 saturated carbocycles. The number of aromatic nitrogens is 4. The molecule has 0 unspecified atom stereocenters. The summed E-state index contributed by atoms with van der Waals surface area (Å²) in [6, 6.07) is 5.40. The third kappa shape index (κ3) is 2.32. The molecule has 0 atom stereocenters. The zero-order chi connectivity index (χ0) is 11.4. The molecular formula is C9H9N5O2. The van der Waals surface area contributed by atoms with E-state index in [2.05, 4.69) is 25.5 Å². The van der Waals surface area contributed by atoms with Gasteiger partial charge in [0.05, 0.1) is 6.54 Å². The van der Waals surface area contributed by atoms with Crippen LogP contribution in [0.25, 0.3) is 11.5 Å². The lowest BCUT2D eigenvalue weighted by atomic mass is 10.3. The number of nitrogens with zero attached hydrogens (tertiary/aromatic N) is 3. The average molecular weight is 219 g/mol. The third-order valence-corrected chi connectivity index (χ3v) is 1.83. The standard InChI is InChI=1S/C9H9N5O2/c15-9(16)11-5-7-12-8(14-13-7)6-3-1-2-4-10-6/h1-4,11H,5H2,(H,15,16)(H,12,13,14). The number of hydrogen-bond donors (Lipinski definition) is 3. The quantitative estimate of drug-likeness (QED) is 0.702. The Morgan fingerprint density at radius 2 is 2.38 bits per heavy atom. The molecule has 7 nitrogen and oxygen atoms in total. The molecule has 0 bridgehead atoms. The van der Waals surface area contributed by atoms with Crippen LogP contribution in [0.1, 0.15) is 5.82 Å². The highest BCUT2D eigenvalue weighted by molar-refractivity contribution is 5.64. The summed E-state index contributed by atoms with van der Waals surface area (Å²) in [6.45, 7) is 0.0924. The van der Waals surface area contributed by atoms with Gasteiger partial charge in [-0.15, -0.1) is 0 Å². The maximum atomic E-state index is 10.3. The molecule has 2 aromatic rings. The monoisotopic (exact) mass is 219 g/mol. The Morgan fingerprint density at radius 1 is 1.50 bits per heavy atom. The molecule has 0 fully saturated rings. The second-order valence-corrected chi connectivity index (χ2v) is 2.98. The molecule has 0 spiro atoms. The van der Waals surface area contributed by atoms with Crippen LogP contribution in [0.15, 0.2) is 24.4 Å². The Morgan fingerprint density at radius 3 is 3.06 bits per heavy atom. The van der Waals surface area contributed by atoms with Gasteiger partial charge in [-0.25, -0.2) is 9.78 Å². The van der Waals surface area contributed by atoms with Gasteiger partial charge in [-0.05, 0) is 12.1 Å². The molecule has 0 saturated heterocycles. The Bertz CT molecular complexity index is 482. The summed E-state index contributed by atoms with van der Waals surface area (Å²) in [5.41, 5.74) is 0.639. The molecule has 0 aliphatic heterocycles. The summed E-state index contributed by atoms with van der Waals surface area (Å²) in [6.07, 6.45) is 0.539. The van der Waals surface area contributed by atoms with Crippen LogP contribution in [0.4, 0.5) is 4.79 Å². The topological polar surface area (TPSA) is 104 Å². The van der Waals surface area contributed by atoms with E-state index < -0.39 is 6.09 Å². The van der Waals surface area contributed by atoms with Crippen LogP contribution < -0.4 is 5.32 Å². The first kappa shape index (κ1) is 10.1. The van der Waals surface area contributed by atoms with Gasteiger partial charge in [0.1, 0.15) is 11.5 Å². The van der Waals surface area contributed by atoms with Crippen LogP contribution >= 0.6 is 0 Å². The number of carboxylic acid groups (broad SMARTS) is 1. The van der Waals surface area contributed by atoms with Crippen molar-refractivity contribution in [2.24, 2.45) is 0 Å². The number of pyridine rings is 1. The van der Waals surface area contributed by atoms with Crippen molar-refractivity contribution in [2.45, 2.75) is 6.54 Å². The number of nitrogens with one attached hydrogen (secondary N) is 2. The van der Waals surface area contributed by atoms with Gasteiger partial charge in [-0.3, -0.25) is 10.1 Å². The molecule has 82 valence electrons. The molecule has 2 heterocycles. The predicted octanol–water partition coefficient (Wildman–Crippen LogP) is 0.634. The first-order valence-electron chi connectivity index (χ1n) is 4.55. The van der Waals surface area contributed by atoms with E-state index in [1.165, 1.54) is 0 Å². The Labute approximate surface area is 90.6 Å². The fourth-order valence-electron chi connectivity index (χ4n) is 1.14. The largest absolute Gasteiger partial charge is 0.465 e. The van der Waals surface area contributed by atoms with Crippen LogP contribution in [0.3, 0.4) is 0 Å². The van der Waals surface area contributed by atoms with E-state index in [-0.39, 0.29) is 6.54 Å². The van der Waals surface area contributed by atoms with E-state index in [4.69, 9.17) is 5.11 Å². The number of hydrogen-bond acceptors (Lipinski definition) is 4. The Balaban J connectivity index is 2.11. The van der Waals surface area contributed by atoms with E-state index in [0.29, 0.717) is 17.3 Å². The number of rotatable bonds is 3. The van der Waals surface area contributed by atoms with Crippen LogP contribution in [0, 0.1) is 0 Å². The van der Waals surface area contributed by atoms with Gasteiger partial charge in [0.2, 0.25) is 0 Å². The number of aromatic amines is 1. The summed E-state index contributed by atoms with van der Waals surface area (Å²) in [7, 11) is 0. The van der Waals surface area contributed by atoms with Crippen molar-refractivity contribution in [1.29, 1.82) is 0 Å². The average Bonchev–Trinajstić information content (AvgIpc) is 2.76. The number of amides is 1. The van der Waals surface area contributed by atoms with Gasteiger partial charge < -0.3 is 10.4 Å². The Kier molecular flexibility index (Phi) is 2.77. The van der Waals surface area contributed by atoms with Crippen molar-refractivity contribution in [2.75, 3.05) is 0 Å². The lowest BCUT2D eigenvalue weighted by Crippen LogP contribution is -2.20. The number of H-pyrrole nitrogens is 1. The fourth-order valence-corrected chi connectivity index (χ4v) is 1.14. The van der Waals surface area contributed by atoms with Crippen molar-refractivity contribution < 1.29 is 9.90 Å². The van der Waals surface area contributed by atoms with Crippen molar-refractivity contribution in [3.8, 4) is 11.5 Å². The summed E-state index contributed by atoms with van der Waals surface area (Å²) in [5, 5.41) is 17.2. The minimum Gasteiger partial charge on any atom is -0.465 e. The molecule has 0 aromatic carbocycles. The van der Waals surface area contributed by atoms with Gasteiger partial charge in [0, 0.05) is 6.20 Å². The minimum atomic E-state index is -1.10. The molecule has 0 aliphatic carbocycles. The zero-order valence-electron chi connectivity index (χ0n) is 8.21. The van der Waals surface area contributed by atoms with Crippen LogP contribution in [-0.4, -0.2) is 31.4 Å². The molecule has 0 aliphatic rings. The molecule has 16 heavy (non-hydrogen) atoms. The summed E-state index contributed by atoms with van der Waals surface area (Å²) >= 11 is 0. The molecule has 2 rings (SSSR count). The lowest BCUT2D eigenvalue weighted by Gasteiger charge is -1.94. The molecule has 1 amide bonds. The number of carbonyl (C=O) groups is 1. The van der Waals surface area contributed by atoms with E-state index in [0.717, 1.165) is 0 Å². The molecule has 0 radical (unpaired) electrons. The molecule has 3 N–H and O–H groups in total. The highest BCUT2D eigenvalue weighted by Gasteiger charge is 2.06. The zero-order valence-corrected chi connectivity index (χ0v) is 8.21. The SMILES string of the molecule is O=C(O)NCc1nc(-c2ccccn2)n[nH]1. The van der Waals surface area contributed by atoms with E-state index in [9.17, 15) is 4.79 Å². The van der Waals surface area contributed by atoms with Crippen molar-refractivity contribution in [3.63, 3.8) is 0 Å². The smallest absolute Gasteiger partial charge is 0.405 e.